The number of esters is 1. The van der Waals surface area contributed by atoms with Gasteiger partial charge in [-0.3, -0.25) is 4.98 Å². The summed E-state index contributed by atoms with van der Waals surface area (Å²) < 4.78 is 4.63. The van der Waals surface area contributed by atoms with Crippen LogP contribution in [0.25, 0.3) is 10.6 Å². The van der Waals surface area contributed by atoms with Gasteiger partial charge in [-0.25, -0.2) is 9.78 Å². The average Bonchev–Trinajstić information content (AvgIpc) is 2.78. The second-order valence-electron chi connectivity index (χ2n) is 3.21. The van der Waals surface area contributed by atoms with Crippen molar-refractivity contribution in [2.45, 2.75) is 6.92 Å². The van der Waals surface area contributed by atoms with Gasteiger partial charge in [-0.1, -0.05) is 0 Å². The Balaban J connectivity index is 2.39. The summed E-state index contributed by atoms with van der Waals surface area (Å²) >= 11 is 1.32. The van der Waals surface area contributed by atoms with Gasteiger partial charge in [0.2, 0.25) is 0 Å². The number of carbonyl (C=O) groups is 1. The Labute approximate surface area is 96.9 Å². The molecule has 0 aliphatic carbocycles. The molecule has 0 aliphatic rings. The fourth-order valence-corrected chi connectivity index (χ4v) is 2.23. The molecule has 0 aromatic carbocycles. The Kier molecular flexibility index (Phi) is 2.96. The predicted molar refractivity (Wildman–Crippen MR) is 61.4 cm³/mol. The van der Waals surface area contributed by atoms with Crippen molar-refractivity contribution in [3.63, 3.8) is 0 Å². The summed E-state index contributed by atoms with van der Waals surface area (Å²) in [7, 11) is 1.36. The van der Waals surface area contributed by atoms with Crippen LogP contribution in [0.2, 0.25) is 0 Å². The number of methoxy groups -OCH3 is 1. The number of nitrogens with zero attached hydrogens (tertiary/aromatic N) is 2. The number of carbonyl (C=O) groups excluding carboxylic acids is 1. The first kappa shape index (κ1) is 10.8. The third-order valence-electron chi connectivity index (χ3n) is 2.14. The first-order chi connectivity index (χ1) is 7.72. The molecule has 5 heteroatoms. The number of hydrogen-bond donors (Lipinski definition) is 0. The highest BCUT2D eigenvalue weighted by Gasteiger charge is 2.12. The van der Waals surface area contributed by atoms with Gasteiger partial charge in [-0.2, -0.15) is 0 Å². The van der Waals surface area contributed by atoms with E-state index in [4.69, 9.17) is 0 Å². The van der Waals surface area contributed by atoms with E-state index in [1.165, 1.54) is 24.6 Å². The first-order valence-electron chi connectivity index (χ1n) is 4.67. The molecule has 2 aromatic rings. The van der Waals surface area contributed by atoms with Crippen LogP contribution in [-0.4, -0.2) is 23.0 Å². The molecule has 16 heavy (non-hydrogen) atoms. The molecule has 0 fully saturated rings. The maximum atomic E-state index is 11.3. The number of thiazole rings is 1. The normalized spacial score (nSPS) is 10.1. The molecular weight excluding hydrogens is 224 g/mol. The SMILES string of the molecule is COC(=O)c1cnc(-c2ccncc2C)s1. The van der Waals surface area contributed by atoms with Crippen molar-refractivity contribution >= 4 is 17.3 Å². The molecule has 0 saturated carbocycles. The van der Waals surface area contributed by atoms with E-state index in [9.17, 15) is 4.79 Å². The van der Waals surface area contributed by atoms with E-state index in [0.717, 1.165) is 16.1 Å². The lowest BCUT2D eigenvalue weighted by atomic mass is 10.2. The van der Waals surface area contributed by atoms with Crippen LogP contribution in [0.1, 0.15) is 15.2 Å². The molecule has 2 rings (SSSR count). The third-order valence-corrected chi connectivity index (χ3v) is 3.15. The Morgan fingerprint density at radius 2 is 2.25 bits per heavy atom. The Morgan fingerprint density at radius 3 is 2.94 bits per heavy atom. The molecule has 0 aliphatic heterocycles. The molecule has 2 aromatic heterocycles. The molecule has 0 unspecified atom stereocenters. The molecule has 0 N–H and O–H groups in total. The molecule has 0 radical (unpaired) electrons. The van der Waals surface area contributed by atoms with Gasteiger partial charge in [-0.15, -0.1) is 11.3 Å². The maximum absolute atomic E-state index is 11.3. The van der Waals surface area contributed by atoms with Crippen LogP contribution in [0, 0.1) is 6.92 Å². The van der Waals surface area contributed by atoms with Crippen LogP contribution < -0.4 is 0 Å². The summed E-state index contributed by atoms with van der Waals surface area (Å²) in [5, 5.41) is 0.806. The van der Waals surface area contributed by atoms with Crippen molar-refractivity contribution in [3.8, 4) is 10.6 Å². The van der Waals surface area contributed by atoms with Crippen LogP contribution in [0.4, 0.5) is 0 Å². The second kappa shape index (κ2) is 4.40. The molecule has 0 amide bonds. The second-order valence-corrected chi connectivity index (χ2v) is 4.24. The van der Waals surface area contributed by atoms with Gasteiger partial charge < -0.3 is 4.74 Å². The highest BCUT2D eigenvalue weighted by molar-refractivity contribution is 7.16. The number of aryl methyl sites for hydroxylation is 1. The van der Waals surface area contributed by atoms with Gasteiger partial charge in [0.05, 0.1) is 13.3 Å². The minimum Gasteiger partial charge on any atom is -0.465 e. The van der Waals surface area contributed by atoms with Gasteiger partial charge in [0.1, 0.15) is 9.88 Å². The lowest BCUT2D eigenvalue weighted by molar-refractivity contribution is 0.0606. The molecule has 0 atom stereocenters. The Bertz CT molecular complexity index is 522. The molecule has 0 saturated heterocycles. The van der Waals surface area contributed by atoms with Crippen molar-refractivity contribution in [3.05, 3.63) is 35.1 Å². The summed E-state index contributed by atoms with van der Waals surface area (Å²) in [5.41, 5.74) is 2.03. The topological polar surface area (TPSA) is 52.1 Å². The lowest BCUT2D eigenvalue weighted by Gasteiger charge is -1.99. The van der Waals surface area contributed by atoms with Crippen LogP contribution >= 0.6 is 11.3 Å². The predicted octanol–water partition coefficient (Wildman–Crippen LogP) is 2.30. The molecule has 4 nitrogen and oxygen atoms in total. The molecular formula is C11H10N2O2S. The molecule has 0 spiro atoms. The molecule has 82 valence electrons. The first-order valence-corrected chi connectivity index (χ1v) is 5.49. The lowest BCUT2D eigenvalue weighted by Crippen LogP contribution is -1.96. The quantitative estimate of drug-likeness (QED) is 0.748. The standard InChI is InChI=1S/C11H10N2O2S/c1-7-5-12-4-3-8(7)10-13-6-9(16-10)11(14)15-2/h3-6H,1-2H3. The molecule has 2 heterocycles. The van der Waals surface area contributed by atoms with E-state index in [1.54, 1.807) is 12.4 Å². The number of hydrogen-bond acceptors (Lipinski definition) is 5. The molecule has 0 bridgehead atoms. The summed E-state index contributed by atoms with van der Waals surface area (Å²) in [5.74, 6) is -0.351. The minimum atomic E-state index is -0.351. The summed E-state index contributed by atoms with van der Waals surface area (Å²) in [6, 6.07) is 1.88. The zero-order chi connectivity index (χ0) is 11.5. The van der Waals surface area contributed by atoms with Gasteiger partial charge in [0, 0.05) is 18.0 Å². The number of ether oxygens (including phenoxy) is 1. The zero-order valence-corrected chi connectivity index (χ0v) is 9.75. The van der Waals surface area contributed by atoms with Crippen LogP contribution in [0.15, 0.2) is 24.7 Å². The van der Waals surface area contributed by atoms with E-state index in [1.807, 2.05) is 13.0 Å². The summed E-state index contributed by atoms with van der Waals surface area (Å²) in [6.45, 7) is 1.96. The Hall–Kier alpha value is -1.75. The van der Waals surface area contributed by atoms with Gasteiger partial charge in [0.15, 0.2) is 0 Å². The van der Waals surface area contributed by atoms with Gasteiger partial charge in [0.25, 0.3) is 0 Å². The smallest absolute Gasteiger partial charge is 0.349 e. The number of rotatable bonds is 2. The third kappa shape index (κ3) is 1.94. The van der Waals surface area contributed by atoms with Crippen molar-refractivity contribution in [1.29, 1.82) is 0 Å². The monoisotopic (exact) mass is 234 g/mol. The fourth-order valence-electron chi connectivity index (χ4n) is 1.31. The van der Waals surface area contributed by atoms with Crippen LogP contribution in [-0.2, 0) is 4.74 Å². The van der Waals surface area contributed by atoms with Crippen molar-refractivity contribution < 1.29 is 9.53 Å². The number of aromatic nitrogens is 2. The van der Waals surface area contributed by atoms with E-state index < -0.39 is 0 Å². The summed E-state index contributed by atoms with van der Waals surface area (Å²) in [4.78, 5) is 20.0. The van der Waals surface area contributed by atoms with E-state index in [-0.39, 0.29) is 5.97 Å². The average molecular weight is 234 g/mol. The van der Waals surface area contributed by atoms with Gasteiger partial charge >= 0.3 is 5.97 Å². The van der Waals surface area contributed by atoms with Crippen molar-refractivity contribution in [2.24, 2.45) is 0 Å². The van der Waals surface area contributed by atoms with E-state index in [0.29, 0.717) is 4.88 Å². The maximum Gasteiger partial charge on any atom is 0.349 e. The fraction of sp³-hybridized carbons (Fsp3) is 0.182. The summed E-state index contributed by atoms with van der Waals surface area (Å²) in [6.07, 6.45) is 5.02. The van der Waals surface area contributed by atoms with E-state index in [2.05, 4.69) is 14.7 Å². The highest BCUT2D eigenvalue weighted by atomic mass is 32.1. The largest absolute Gasteiger partial charge is 0.465 e. The number of pyridine rings is 1. The van der Waals surface area contributed by atoms with Gasteiger partial charge in [-0.05, 0) is 18.6 Å². The minimum absolute atomic E-state index is 0.351. The van der Waals surface area contributed by atoms with E-state index >= 15 is 0 Å². The Morgan fingerprint density at radius 1 is 1.44 bits per heavy atom. The van der Waals surface area contributed by atoms with Crippen LogP contribution in [0.3, 0.4) is 0 Å². The van der Waals surface area contributed by atoms with Crippen LogP contribution in [0.5, 0.6) is 0 Å². The highest BCUT2D eigenvalue weighted by Crippen LogP contribution is 2.27. The zero-order valence-electron chi connectivity index (χ0n) is 8.93. The van der Waals surface area contributed by atoms with Crippen molar-refractivity contribution in [1.82, 2.24) is 9.97 Å². The van der Waals surface area contributed by atoms with Crippen molar-refractivity contribution in [2.75, 3.05) is 7.11 Å².